The number of benzene rings is 1. The van der Waals surface area contributed by atoms with Crippen molar-refractivity contribution in [2.75, 3.05) is 0 Å². The average Bonchev–Trinajstić information content (AvgIpc) is 2.49. The smallest absolute Gasteiger partial charge is 0.135 e. The number of thiophene rings is 1. The van der Waals surface area contributed by atoms with Gasteiger partial charge in [0.15, 0.2) is 0 Å². The number of aromatic hydroxyl groups is 1. The number of hydrogen-bond donors (Lipinski definition) is 1. The Morgan fingerprint density at radius 2 is 2.29 bits per heavy atom. The van der Waals surface area contributed by atoms with Crippen LogP contribution in [-0.2, 0) is 6.42 Å². The molecule has 0 bridgehead atoms. The van der Waals surface area contributed by atoms with Gasteiger partial charge in [0.1, 0.15) is 11.6 Å². The Labute approximate surface area is 83.8 Å². The average molecular weight is 207 g/mol. The monoisotopic (exact) mass is 207 g/mol. The molecule has 0 spiro atoms. The van der Waals surface area contributed by atoms with E-state index in [1.807, 2.05) is 6.07 Å². The first-order valence-corrected chi connectivity index (χ1v) is 4.86. The topological polar surface area (TPSA) is 44.0 Å². The summed E-state index contributed by atoms with van der Waals surface area (Å²) in [4.78, 5) is 0. The highest BCUT2D eigenvalue weighted by Gasteiger charge is 2.10. The zero-order valence-electron chi connectivity index (χ0n) is 7.12. The lowest BCUT2D eigenvalue weighted by atomic mass is 10.1. The first-order valence-electron chi connectivity index (χ1n) is 3.98. The Hall–Kier alpha value is -1.60. The molecule has 2 aromatic rings. The second-order valence-electron chi connectivity index (χ2n) is 2.90. The van der Waals surface area contributed by atoms with E-state index in [0.717, 1.165) is 6.07 Å². The van der Waals surface area contributed by atoms with Crippen LogP contribution >= 0.6 is 11.3 Å². The summed E-state index contributed by atoms with van der Waals surface area (Å²) in [6.07, 6.45) is 0.196. The van der Waals surface area contributed by atoms with Gasteiger partial charge in [-0.15, -0.1) is 11.3 Å². The molecule has 0 aliphatic heterocycles. The second kappa shape index (κ2) is 3.28. The molecule has 0 amide bonds. The molecule has 1 N–H and O–H groups in total. The van der Waals surface area contributed by atoms with E-state index in [0.29, 0.717) is 15.6 Å². The van der Waals surface area contributed by atoms with Gasteiger partial charge in [-0.1, -0.05) is 0 Å². The predicted molar refractivity (Wildman–Crippen MR) is 52.8 cm³/mol. The lowest BCUT2D eigenvalue weighted by Gasteiger charge is -1.96. The number of rotatable bonds is 1. The summed E-state index contributed by atoms with van der Waals surface area (Å²) >= 11 is 1.33. The molecule has 0 radical (unpaired) electrons. The van der Waals surface area contributed by atoms with Crippen molar-refractivity contribution in [3.63, 3.8) is 0 Å². The van der Waals surface area contributed by atoms with E-state index in [-0.39, 0.29) is 12.2 Å². The fourth-order valence-corrected chi connectivity index (χ4v) is 2.39. The second-order valence-corrected chi connectivity index (χ2v) is 3.81. The molecule has 1 heterocycles. The van der Waals surface area contributed by atoms with Crippen molar-refractivity contribution in [2.45, 2.75) is 6.42 Å². The van der Waals surface area contributed by atoms with Crippen LogP contribution < -0.4 is 0 Å². The summed E-state index contributed by atoms with van der Waals surface area (Å²) in [7, 11) is 0. The Morgan fingerprint density at radius 3 is 3.00 bits per heavy atom. The first-order chi connectivity index (χ1) is 6.72. The summed E-state index contributed by atoms with van der Waals surface area (Å²) in [5, 5.41) is 19.9. The molecule has 4 heteroatoms. The van der Waals surface area contributed by atoms with Crippen molar-refractivity contribution in [3.05, 3.63) is 28.9 Å². The van der Waals surface area contributed by atoms with E-state index < -0.39 is 5.82 Å². The molecular formula is C10H6FNOS. The Bertz CT molecular complexity index is 527. The fourth-order valence-electron chi connectivity index (χ4n) is 1.38. The van der Waals surface area contributed by atoms with Crippen LogP contribution in [0, 0.1) is 17.1 Å². The molecule has 70 valence electrons. The first kappa shape index (κ1) is 8.97. The van der Waals surface area contributed by atoms with Crippen molar-refractivity contribution in [3.8, 4) is 11.8 Å². The van der Waals surface area contributed by atoms with Crippen LogP contribution in [-0.4, -0.2) is 5.11 Å². The largest absolute Gasteiger partial charge is 0.508 e. The molecule has 2 rings (SSSR count). The number of nitriles is 1. The fraction of sp³-hybridized carbons (Fsp3) is 0.100. The summed E-state index contributed by atoms with van der Waals surface area (Å²) in [6, 6.07) is 4.55. The van der Waals surface area contributed by atoms with E-state index in [1.54, 1.807) is 5.38 Å². The van der Waals surface area contributed by atoms with Gasteiger partial charge in [-0.2, -0.15) is 5.26 Å². The zero-order valence-corrected chi connectivity index (χ0v) is 7.94. The normalized spacial score (nSPS) is 10.3. The molecule has 1 aromatic carbocycles. The van der Waals surface area contributed by atoms with Crippen LogP contribution in [0.1, 0.15) is 5.56 Å². The van der Waals surface area contributed by atoms with E-state index >= 15 is 0 Å². The van der Waals surface area contributed by atoms with Gasteiger partial charge in [-0.05, 0) is 17.0 Å². The van der Waals surface area contributed by atoms with Crippen molar-refractivity contribution in [1.29, 1.82) is 5.26 Å². The molecule has 0 saturated carbocycles. The Balaban J connectivity index is 2.74. The van der Waals surface area contributed by atoms with Crippen molar-refractivity contribution < 1.29 is 9.50 Å². The van der Waals surface area contributed by atoms with Gasteiger partial charge in [0, 0.05) is 16.2 Å². The molecule has 0 saturated heterocycles. The lowest BCUT2D eigenvalue weighted by Crippen LogP contribution is -1.82. The minimum absolute atomic E-state index is 0.0830. The molecule has 0 fully saturated rings. The molecule has 0 aliphatic carbocycles. The van der Waals surface area contributed by atoms with Crippen molar-refractivity contribution in [2.24, 2.45) is 0 Å². The minimum Gasteiger partial charge on any atom is -0.508 e. The zero-order chi connectivity index (χ0) is 10.1. The number of hydrogen-bond acceptors (Lipinski definition) is 3. The molecule has 0 atom stereocenters. The molecule has 0 aliphatic rings. The highest BCUT2D eigenvalue weighted by atomic mass is 32.1. The van der Waals surface area contributed by atoms with Gasteiger partial charge < -0.3 is 5.11 Å². The maximum absolute atomic E-state index is 13.4. The van der Waals surface area contributed by atoms with Crippen LogP contribution in [0.3, 0.4) is 0 Å². The molecule has 2 nitrogen and oxygen atoms in total. The number of nitrogens with zero attached hydrogens (tertiary/aromatic N) is 1. The lowest BCUT2D eigenvalue weighted by molar-refractivity contribution is 0.471. The predicted octanol–water partition coefficient (Wildman–Crippen LogP) is 2.81. The SMILES string of the molecule is N#CCc1csc2cc(O)cc(F)c12. The number of phenolic OH excluding ortho intramolecular Hbond substituents is 1. The van der Waals surface area contributed by atoms with E-state index in [2.05, 4.69) is 0 Å². The summed E-state index contributed by atoms with van der Waals surface area (Å²) in [5.74, 6) is -0.549. The Morgan fingerprint density at radius 1 is 1.50 bits per heavy atom. The quantitative estimate of drug-likeness (QED) is 0.781. The van der Waals surface area contributed by atoms with Crippen molar-refractivity contribution in [1.82, 2.24) is 0 Å². The number of halogens is 1. The summed E-state index contributed by atoms with van der Waals surface area (Å²) in [5.41, 5.74) is 0.685. The molecule has 0 unspecified atom stereocenters. The molecular weight excluding hydrogens is 201 g/mol. The van der Waals surface area contributed by atoms with Crippen LogP contribution in [0.25, 0.3) is 10.1 Å². The Kier molecular flexibility index (Phi) is 2.10. The van der Waals surface area contributed by atoms with Gasteiger partial charge in [0.05, 0.1) is 12.5 Å². The van der Waals surface area contributed by atoms with Gasteiger partial charge in [0.25, 0.3) is 0 Å². The minimum atomic E-state index is -0.466. The maximum atomic E-state index is 13.4. The van der Waals surface area contributed by atoms with Gasteiger partial charge in [0.2, 0.25) is 0 Å². The highest BCUT2D eigenvalue weighted by molar-refractivity contribution is 7.17. The molecule has 1 aromatic heterocycles. The molecule has 14 heavy (non-hydrogen) atoms. The van der Waals surface area contributed by atoms with Crippen LogP contribution in [0.15, 0.2) is 17.5 Å². The highest BCUT2D eigenvalue weighted by Crippen LogP contribution is 2.31. The van der Waals surface area contributed by atoms with Crippen LogP contribution in [0.5, 0.6) is 5.75 Å². The summed E-state index contributed by atoms with van der Waals surface area (Å²) < 4.78 is 14.1. The standard InChI is InChI=1S/C10H6FNOS/c11-8-3-7(13)4-9-10(8)6(1-2-12)5-14-9/h3-5,13H,1H2. The van der Waals surface area contributed by atoms with Gasteiger partial charge >= 0.3 is 0 Å². The third-order valence-electron chi connectivity index (χ3n) is 1.96. The van der Waals surface area contributed by atoms with Crippen LogP contribution in [0.4, 0.5) is 4.39 Å². The van der Waals surface area contributed by atoms with Crippen LogP contribution in [0.2, 0.25) is 0 Å². The van der Waals surface area contributed by atoms with E-state index in [4.69, 9.17) is 10.4 Å². The van der Waals surface area contributed by atoms with Gasteiger partial charge in [-0.25, -0.2) is 4.39 Å². The van der Waals surface area contributed by atoms with E-state index in [9.17, 15) is 4.39 Å². The number of fused-ring (bicyclic) bond motifs is 1. The maximum Gasteiger partial charge on any atom is 0.135 e. The third-order valence-corrected chi connectivity index (χ3v) is 2.94. The summed E-state index contributed by atoms with van der Waals surface area (Å²) in [6.45, 7) is 0. The van der Waals surface area contributed by atoms with E-state index in [1.165, 1.54) is 17.4 Å². The van der Waals surface area contributed by atoms with Gasteiger partial charge in [-0.3, -0.25) is 0 Å². The van der Waals surface area contributed by atoms with Crippen molar-refractivity contribution >= 4 is 21.4 Å². The number of phenols is 1. The third kappa shape index (κ3) is 1.32.